The van der Waals surface area contributed by atoms with E-state index >= 15 is 0 Å². The summed E-state index contributed by atoms with van der Waals surface area (Å²) in [6.45, 7) is 8.95. The molecule has 2 amide bonds. The van der Waals surface area contributed by atoms with Crippen LogP contribution in [0, 0.1) is 0 Å². The molecular weight excluding hydrogens is 336 g/mol. The molecule has 7 nitrogen and oxygen atoms in total. The van der Waals surface area contributed by atoms with Crippen LogP contribution in [0.25, 0.3) is 0 Å². The van der Waals surface area contributed by atoms with E-state index < -0.39 is 11.7 Å². The first-order valence-electron chi connectivity index (χ1n) is 8.91. The number of fused-ring (bicyclic) bond motifs is 1. The van der Waals surface area contributed by atoms with Crippen LogP contribution in [0.5, 0.6) is 11.5 Å². The van der Waals surface area contributed by atoms with Crippen molar-refractivity contribution in [3.05, 3.63) is 24.3 Å². The molecule has 0 radical (unpaired) electrons. The molecule has 1 fully saturated rings. The first kappa shape index (κ1) is 18.4. The number of amides is 2. The van der Waals surface area contributed by atoms with Gasteiger partial charge in [0.25, 0.3) is 5.91 Å². The van der Waals surface area contributed by atoms with Crippen molar-refractivity contribution in [3.63, 3.8) is 0 Å². The lowest BCUT2D eigenvalue weighted by molar-refractivity contribution is -0.145. The van der Waals surface area contributed by atoms with E-state index in [1.165, 1.54) is 0 Å². The number of para-hydroxylation sites is 2. The van der Waals surface area contributed by atoms with Crippen LogP contribution in [0.15, 0.2) is 24.3 Å². The molecule has 2 aliphatic heterocycles. The predicted octanol–water partition coefficient (Wildman–Crippen LogP) is 2.29. The predicted molar refractivity (Wildman–Crippen MR) is 95.3 cm³/mol. The topological polar surface area (TPSA) is 68.3 Å². The molecule has 0 aromatic heterocycles. The summed E-state index contributed by atoms with van der Waals surface area (Å²) in [6, 6.07) is 7.20. The van der Waals surface area contributed by atoms with Crippen molar-refractivity contribution in [2.45, 2.75) is 45.4 Å². The third-order valence-electron chi connectivity index (χ3n) is 4.35. The van der Waals surface area contributed by atoms with E-state index in [-0.39, 0.29) is 24.6 Å². The highest BCUT2D eigenvalue weighted by molar-refractivity contribution is 5.82. The van der Waals surface area contributed by atoms with E-state index in [0.29, 0.717) is 31.1 Å². The van der Waals surface area contributed by atoms with Gasteiger partial charge in [-0.3, -0.25) is 4.79 Å². The molecule has 26 heavy (non-hydrogen) atoms. The molecule has 1 saturated heterocycles. The van der Waals surface area contributed by atoms with Crippen molar-refractivity contribution < 1.29 is 23.8 Å². The molecule has 2 aliphatic rings. The molecular formula is C19H26N2O5. The first-order chi connectivity index (χ1) is 12.2. The van der Waals surface area contributed by atoms with Crippen LogP contribution in [0.1, 0.15) is 27.7 Å². The third-order valence-corrected chi connectivity index (χ3v) is 4.35. The number of rotatable bonds is 1. The average Bonchev–Trinajstić information content (AvgIpc) is 2.59. The Bertz CT molecular complexity index is 685. The normalized spacial score (nSPS) is 22.8. The smallest absolute Gasteiger partial charge is 0.410 e. The van der Waals surface area contributed by atoms with Gasteiger partial charge >= 0.3 is 6.09 Å². The standard InChI is InChI=1S/C19H26N2O5/c1-13-11-20(18(23)26-19(2,3)4)9-10-21(13)17(22)16-12-24-14-7-5-6-8-15(14)25-16/h5-8,13,16H,9-12H2,1-4H3/t13-,16-/m0/s1. The summed E-state index contributed by atoms with van der Waals surface area (Å²) < 4.78 is 16.9. The molecule has 0 aliphatic carbocycles. The second kappa shape index (κ2) is 7.05. The minimum atomic E-state index is -0.666. The molecule has 0 spiro atoms. The van der Waals surface area contributed by atoms with E-state index in [1.54, 1.807) is 15.9 Å². The van der Waals surface area contributed by atoms with Gasteiger partial charge in [0, 0.05) is 25.7 Å². The van der Waals surface area contributed by atoms with Gasteiger partial charge in [-0.15, -0.1) is 0 Å². The number of carbonyl (C=O) groups excluding carboxylic acids is 2. The van der Waals surface area contributed by atoms with Gasteiger partial charge in [-0.05, 0) is 39.8 Å². The molecule has 3 rings (SSSR count). The molecule has 1 aromatic rings. The molecule has 0 unspecified atom stereocenters. The van der Waals surface area contributed by atoms with Crippen LogP contribution in [0.4, 0.5) is 4.79 Å². The number of benzene rings is 1. The van der Waals surface area contributed by atoms with Crippen molar-refractivity contribution in [2.24, 2.45) is 0 Å². The summed E-state index contributed by atoms with van der Waals surface area (Å²) in [7, 11) is 0. The lowest BCUT2D eigenvalue weighted by Gasteiger charge is -2.41. The van der Waals surface area contributed by atoms with Crippen molar-refractivity contribution in [2.75, 3.05) is 26.2 Å². The second-order valence-electron chi connectivity index (χ2n) is 7.67. The van der Waals surface area contributed by atoms with Crippen LogP contribution in [-0.2, 0) is 9.53 Å². The zero-order valence-corrected chi connectivity index (χ0v) is 15.7. The minimum absolute atomic E-state index is 0.115. The summed E-state index contributed by atoms with van der Waals surface area (Å²) in [6.07, 6.45) is -1.01. The summed E-state index contributed by atoms with van der Waals surface area (Å²) >= 11 is 0. The third kappa shape index (κ3) is 4.03. The van der Waals surface area contributed by atoms with Gasteiger partial charge in [-0.25, -0.2) is 4.79 Å². The van der Waals surface area contributed by atoms with E-state index in [0.717, 1.165) is 0 Å². The first-order valence-corrected chi connectivity index (χ1v) is 8.91. The lowest BCUT2D eigenvalue weighted by Crippen LogP contribution is -2.59. The number of hydrogen-bond donors (Lipinski definition) is 0. The number of nitrogens with zero attached hydrogens (tertiary/aromatic N) is 2. The van der Waals surface area contributed by atoms with Gasteiger partial charge in [0.1, 0.15) is 12.2 Å². The fraction of sp³-hybridized carbons (Fsp3) is 0.579. The fourth-order valence-corrected chi connectivity index (χ4v) is 3.10. The zero-order valence-electron chi connectivity index (χ0n) is 15.7. The maximum atomic E-state index is 12.9. The average molecular weight is 362 g/mol. The van der Waals surface area contributed by atoms with Crippen LogP contribution in [0.3, 0.4) is 0 Å². The summed E-state index contributed by atoms with van der Waals surface area (Å²) in [5, 5.41) is 0. The van der Waals surface area contributed by atoms with Gasteiger partial charge in [-0.1, -0.05) is 12.1 Å². The minimum Gasteiger partial charge on any atom is -0.485 e. The highest BCUT2D eigenvalue weighted by Gasteiger charge is 2.37. The number of ether oxygens (including phenoxy) is 3. The summed E-state index contributed by atoms with van der Waals surface area (Å²) in [4.78, 5) is 28.5. The molecule has 1 aromatic carbocycles. The Morgan fingerprint density at radius 1 is 1.15 bits per heavy atom. The Morgan fingerprint density at radius 2 is 1.85 bits per heavy atom. The molecule has 7 heteroatoms. The molecule has 2 atom stereocenters. The number of hydrogen-bond acceptors (Lipinski definition) is 5. The van der Waals surface area contributed by atoms with E-state index in [4.69, 9.17) is 14.2 Å². The Morgan fingerprint density at radius 3 is 2.50 bits per heavy atom. The Labute approximate surface area is 153 Å². The Balaban J connectivity index is 1.60. The summed E-state index contributed by atoms with van der Waals surface area (Å²) in [5.74, 6) is 1.12. The fourth-order valence-electron chi connectivity index (χ4n) is 3.10. The Kier molecular flexibility index (Phi) is 4.98. The number of carbonyl (C=O) groups is 2. The van der Waals surface area contributed by atoms with Gasteiger partial charge in [0.2, 0.25) is 6.10 Å². The highest BCUT2D eigenvalue weighted by Crippen LogP contribution is 2.31. The van der Waals surface area contributed by atoms with Crippen molar-refractivity contribution in [1.82, 2.24) is 9.80 Å². The molecule has 2 heterocycles. The van der Waals surface area contributed by atoms with E-state index in [2.05, 4.69) is 0 Å². The van der Waals surface area contributed by atoms with E-state index in [1.807, 2.05) is 45.9 Å². The monoisotopic (exact) mass is 362 g/mol. The second-order valence-corrected chi connectivity index (χ2v) is 7.67. The molecule has 0 N–H and O–H groups in total. The quantitative estimate of drug-likeness (QED) is 0.767. The molecule has 0 bridgehead atoms. The largest absolute Gasteiger partial charge is 0.485 e. The van der Waals surface area contributed by atoms with Gasteiger partial charge in [0.05, 0.1) is 0 Å². The maximum Gasteiger partial charge on any atom is 0.410 e. The Hall–Kier alpha value is -2.44. The van der Waals surface area contributed by atoms with E-state index in [9.17, 15) is 9.59 Å². The van der Waals surface area contributed by atoms with Crippen molar-refractivity contribution >= 4 is 12.0 Å². The number of piperazine rings is 1. The SMILES string of the molecule is C[C@H]1CN(C(=O)OC(C)(C)C)CCN1C(=O)[C@@H]1COc2ccccc2O1. The summed E-state index contributed by atoms with van der Waals surface area (Å²) in [5.41, 5.74) is -0.534. The van der Waals surface area contributed by atoms with Crippen molar-refractivity contribution in [3.8, 4) is 11.5 Å². The molecule has 0 saturated carbocycles. The van der Waals surface area contributed by atoms with Crippen LogP contribution < -0.4 is 9.47 Å². The molecule has 142 valence electrons. The van der Waals surface area contributed by atoms with Gasteiger partial charge < -0.3 is 24.0 Å². The maximum absolute atomic E-state index is 12.9. The van der Waals surface area contributed by atoms with Gasteiger partial charge in [-0.2, -0.15) is 0 Å². The van der Waals surface area contributed by atoms with Crippen molar-refractivity contribution in [1.29, 1.82) is 0 Å². The van der Waals surface area contributed by atoms with Crippen LogP contribution in [-0.4, -0.2) is 65.8 Å². The zero-order chi connectivity index (χ0) is 18.9. The lowest BCUT2D eigenvalue weighted by atomic mass is 10.1. The highest BCUT2D eigenvalue weighted by atomic mass is 16.6. The van der Waals surface area contributed by atoms with Crippen LogP contribution in [0.2, 0.25) is 0 Å². The van der Waals surface area contributed by atoms with Crippen LogP contribution >= 0.6 is 0 Å². The van der Waals surface area contributed by atoms with Gasteiger partial charge in [0.15, 0.2) is 11.5 Å².